The molecule has 1 rings (SSSR count). The molecule has 3 heteroatoms. The monoisotopic (exact) mass is 192 g/mol. The largest absolute Gasteiger partial charge is 0.375 e. The average molecular weight is 192 g/mol. The van der Waals surface area contributed by atoms with Crippen molar-refractivity contribution < 1.29 is 13.5 Å². The Morgan fingerprint density at radius 2 is 1.62 bits per heavy atom. The van der Waals surface area contributed by atoms with E-state index in [1.54, 1.807) is 0 Å². The fraction of sp³-hybridized carbons (Fsp3) is 1.00. The van der Waals surface area contributed by atoms with Crippen molar-refractivity contribution in [1.82, 2.24) is 0 Å². The molecule has 13 heavy (non-hydrogen) atoms. The zero-order valence-corrected chi connectivity index (χ0v) is 8.41. The van der Waals surface area contributed by atoms with E-state index in [9.17, 15) is 8.78 Å². The van der Waals surface area contributed by atoms with Gasteiger partial charge in [0.15, 0.2) is 0 Å². The third kappa shape index (κ3) is 2.63. The lowest BCUT2D eigenvalue weighted by molar-refractivity contribution is -0.131. The predicted molar refractivity (Wildman–Crippen MR) is 48.1 cm³/mol. The highest BCUT2D eigenvalue weighted by Gasteiger charge is 2.42. The van der Waals surface area contributed by atoms with Crippen molar-refractivity contribution in [3.05, 3.63) is 0 Å². The smallest absolute Gasteiger partial charge is 0.248 e. The topological polar surface area (TPSA) is 9.23 Å². The van der Waals surface area contributed by atoms with Crippen molar-refractivity contribution in [2.24, 2.45) is 0 Å². The molecule has 0 spiro atoms. The van der Waals surface area contributed by atoms with Gasteiger partial charge in [0.2, 0.25) is 5.92 Å². The molecule has 0 amide bonds. The summed E-state index contributed by atoms with van der Waals surface area (Å²) in [4.78, 5) is 0. The van der Waals surface area contributed by atoms with E-state index in [0.29, 0.717) is 19.4 Å². The molecule has 0 heterocycles. The van der Waals surface area contributed by atoms with Crippen LogP contribution in [0.4, 0.5) is 8.78 Å². The molecule has 0 unspecified atom stereocenters. The van der Waals surface area contributed by atoms with Crippen LogP contribution in [0.1, 0.15) is 46.0 Å². The minimum Gasteiger partial charge on any atom is -0.375 e. The molecule has 1 fully saturated rings. The van der Waals surface area contributed by atoms with Gasteiger partial charge in [0.25, 0.3) is 0 Å². The second-order valence-corrected chi connectivity index (χ2v) is 3.83. The molecule has 0 aromatic heterocycles. The Balaban J connectivity index is 2.52. The van der Waals surface area contributed by atoms with Crippen LogP contribution in [0.2, 0.25) is 0 Å². The maximum Gasteiger partial charge on any atom is 0.248 e. The molecule has 0 radical (unpaired) electrons. The predicted octanol–water partition coefficient (Wildman–Crippen LogP) is 3.38. The molecule has 0 aromatic carbocycles. The normalized spacial score (nSPS) is 25.8. The van der Waals surface area contributed by atoms with Crippen LogP contribution in [-0.2, 0) is 4.74 Å². The van der Waals surface area contributed by atoms with Crippen LogP contribution in [0.25, 0.3) is 0 Å². The molecule has 78 valence electrons. The minimum absolute atomic E-state index is 0.0131. The average Bonchev–Trinajstić information content (AvgIpc) is 2.10. The number of ether oxygens (including phenoxy) is 1. The molecule has 1 nitrogen and oxygen atoms in total. The number of rotatable bonds is 3. The Morgan fingerprint density at radius 3 is 2.00 bits per heavy atom. The van der Waals surface area contributed by atoms with E-state index < -0.39 is 5.92 Å². The van der Waals surface area contributed by atoms with E-state index in [1.165, 1.54) is 0 Å². The van der Waals surface area contributed by atoms with E-state index >= 15 is 0 Å². The number of alkyl halides is 2. The first kappa shape index (κ1) is 10.9. The number of halogens is 2. The lowest BCUT2D eigenvalue weighted by atomic mass is 9.81. The van der Waals surface area contributed by atoms with Crippen molar-refractivity contribution in [1.29, 1.82) is 0 Å². The maximum atomic E-state index is 12.9. The van der Waals surface area contributed by atoms with Crippen molar-refractivity contribution in [3.63, 3.8) is 0 Å². The van der Waals surface area contributed by atoms with Gasteiger partial charge in [-0.1, -0.05) is 6.92 Å². The summed E-state index contributed by atoms with van der Waals surface area (Å²) in [6, 6.07) is 0. The molecule has 0 saturated heterocycles. The van der Waals surface area contributed by atoms with Gasteiger partial charge >= 0.3 is 0 Å². The summed E-state index contributed by atoms with van der Waals surface area (Å²) in [6.07, 6.45) is 1.83. The van der Waals surface area contributed by atoms with Crippen LogP contribution < -0.4 is 0 Å². The summed E-state index contributed by atoms with van der Waals surface area (Å²) >= 11 is 0. The Morgan fingerprint density at radius 1 is 1.08 bits per heavy atom. The lowest BCUT2D eigenvalue weighted by Crippen LogP contribution is -2.40. The minimum atomic E-state index is -2.45. The fourth-order valence-corrected chi connectivity index (χ4v) is 1.98. The van der Waals surface area contributed by atoms with Crippen LogP contribution in [-0.4, -0.2) is 18.1 Å². The molecule has 0 aromatic rings. The van der Waals surface area contributed by atoms with Crippen LogP contribution in [0.5, 0.6) is 0 Å². The highest BCUT2D eigenvalue weighted by Crippen LogP contribution is 2.41. The lowest BCUT2D eigenvalue weighted by Gasteiger charge is -2.39. The van der Waals surface area contributed by atoms with Gasteiger partial charge in [-0.15, -0.1) is 0 Å². The summed E-state index contributed by atoms with van der Waals surface area (Å²) < 4.78 is 31.3. The zero-order chi connectivity index (χ0) is 9.95. The van der Waals surface area contributed by atoms with Gasteiger partial charge in [-0.25, -0.2) is 8.78 Å². The molecule has 1 aliphatic rings. The second kappa shape index (κ2) is 3.91. The van der Waals surface area contributed by atoms with Gasteiger partial charge in [0, 0.05) is 19.4 Å². The first-order valence-corrected chi connectivity index (χ1v) is 5.05. The zero-order valence-electron chi connectivity index (χ0n) is 8.41. The Labute approximate surface area is 78.5 Å². The molecule has 1 aliphatic carbocycles. The van der Waals surface area contributed by atoms with Gasteiger partial charge < -0.3 is 4.74 Å². The molecular weight excluding hydrogens is 174 g/mol. The van der Waals surface area contributed by atoms with Gasteiger partial charge in [-0.05, 0) is 26.2 Å². The first-order valence-electron chi connectivity index (χ1n) is 5.05. The second-order valence-electron chi connectivity index (χ2n) is 3.83. The van der Waals surface area contributed by atoms with E-state index in [2.05, 4.69) is 0 Å². The third-order valence-electron chi connectivity index (χ3n) is 2.99. The summed E-state index contributed by atoms with van der Waals surface area (Å²) in [5.74, 6) is -2.45. The van der Waals surface area contributed by atoms with E-state index in [-0.39, 0.29) is 18.4 Å². The molecule has 0 atom stereocenters. The van der Waals surface area contributed by atoms with E-state index in [0.717, 1.165) is 6.42 Å². The summed E-state index contributed by atoms with van der Waals surface area (Å²) in [5, 5.41) is 0. The van der Waals surface area contributed by atoms with Gasteiger partial charge in [-0.3, -0.25) is 0 Å². The molecule has 0 aliphatic heterocycles. The number of hydrogen-bond acceptors (Lipinski definition) is 1. The highest BCUT2D eigenvalue weighted by molar-refractivity contribution is 4.89. The standard InChI is InChI=1S/C10H18F2O/c1-3-9(13-4-2)5-7-10(11,12)8-6-9/h3-8H2,1-2H3. The molecule has 0 N–H and O–H groups in total. The maximum absolute atomic E-state index is 12.9. The Bertz CT molecular complexity index is 158. The molecule has 0 bridgehead atoms. The first-order chi connectivity index (χ1) is 6.04. The third-order valence-corrected chi connectivity index (χ3v) is 2.99. The van der Waals surface area contributed by atoms with Gasteiger partial charge in [0.05, 0.1) is 5.60 Å². The van der Waals surface area contributed by atoms with Crippen LogP contribution in [0.3, 0.4) is 0 Å². The SMILES string of the molecule is CCOC1(CC)CCC(F)(F)CC1. The van der Waals surface area contributed by atoms with Crippen molar-refractivity contribution in [2.75, 3.05) is 6.61 Å². The fourth-order valence-electron chi connectivity index (χ4n) is 1.98. The Kier molecular flexibility index (Phi) is 3.28. The Hall–Kier alpha value is -0.180. The van der Waals surface area contributed by atoms with Crippen molar-refractivity contribution in [3.8, 4) is 0 Å². The number of hydrogen-bond donors (Lipinski definition) is 0. The van der Waals surface area contributed by atoms with Crippen LogP contribution in [0, 0.1) is 0 Å². The summed E-state index contributed by atoms with van der Waals surface area (Å²) in [5.41, 5.74) is -0.254. The van der Waals surface area contributed by atoms with Gasteiger partial charge in [0.1, 0.15) is 0 Å². The van der Waals surface area contributed by atoms with Crippen LogP contribution in [0.15, 0.2) is 0 Å². The van der Waals surface area contributed by atoms with Crippen molar-refractivity contribution >= 4 is 0 Å². The van der Waals surface area contributed by atoms with Crippen LogP contribution >= 0.6 is 0 Å². The molecular formula is C10H18F2O. The van der Waals surface area contributed by atoms with Gasteiger partial charge in [-0.2, -0.15) is 0 Å². The quantitative estimate of drug-likeness (QED) is 0.666. The van der Waals surface area contributed by atoms with Crippen molar-refractivity contribution in [2.45, 2.75) is 57.5 Å². The van der Waals surface area contributed by atoms with E-state index in [1.807, 2.05) is 13.8 Å². The summed E-state index contributed by atoms with van der Waals surface area (Å²) in [7, 11) is 0. The highest BCUT2D eigenvalue weighted by atomic mass is 19.3. The summed E-state index contributed by atoms with van der Waals surface area (Å²) in [6.45, 7) is 4.56. The molecule has 1 saturated carbocycles. The van der Waals surface area contributed by atoms with E-state index in [4.69, 9.17) is 4.74 Å².